The summed E-state index contributed by atoms with van der Waals surface area (Å²) in [6.45, 7) is 2.11. The van der Waals surface area contributed by atoms with Gasteiger partial charge in [-0.2, -0.15) is 22.5 Å². The number of halogens is 4. The van der Waals surface area contributed by atoms with Crippen molar-refractivity contribution in [3.05, 3.63) is 23.5 Å². The van der Waals surface area contributed by atoms with Gasteiger partial charge in [-0.25, -0.2) is 0 Å². The van der Waals surface area contributed by atoms with E-state index >= 15 is 0 Å². The Morgan fingerprint density at radius 1 is 1.00 bits per heavy atom. The maximum atomic E-state index is 13.7. The minimum Gasteiger partial charge on any atom is -0.367 e. The first kappa shape index (κ1) is 15.1. The molecule has 0 aromatic carbocycles. The molecule has 1 aromatic rings. The second kappa shape index (κ2) is 5.97. The van der Waals surface area contributed by atoms with Crippen LogP contribution in [0.25, 0.3) is 0 Å². The summed E-state index contributed by atoms with van der Waals surface area (Å²) >= 11 is 0. The SMILES string of the molecule is CCC1CCC(N(C)c2c(F)c(F)nc(F)c2F)CC1. The Labute approximate surface area is 115 Å². The van der Waals surface area contributed by atoms with E-state index in [0.717, 1.165) is 32.1 Å². The molecule has 112 valence electrons. The van der Waals surface area contributed by atoms with Gasteiger partial charge in [-0.1, -0.05) is 13.3 Å². The van der Waals surface area contributed by atoms with Gasteiger partial charge in [0.1, 0.15) is 5.69 Å². The smallest absolute Gasteiger partial charge is 0.253 e. The van der Waals surface area contributed by atoms with Crippen molar-refractivity contribution in [2.75, 3.05) is 11.9 Å². The van der Waals surface area contributed by atoms with E-state index in [4.69, 9.17) is 0 Å². The quantitative estimate of drug-likeness (QED) is 0.617. The molecule has 0 unspecified atom stereocenters. The first-order valence-electron chi connectivity index (χ1n) is 6.88. The molecule has 0 aliphatic heterocycles. The average Bonchev–Trinajstić information content (AvgIpc) is 2.45. The van der Waals surface area contributed by atoms with Gasteiger partial charge in [0.15, 0.2) is 0 Å². The molecule has 6 heteroatoms. The zero-order chi connectivity index (χ0) is 14.9. The topological polar surface area (TPSA) is 16.1 Å². The molecule has 2 nitrogen and oxygen atoms in total. The van der Waals surface area contributed by atoms with Crippen molar-refractivity contribution in [2.24, 2.45) is 5.92 Å². The van der Waals surface area contributed by atoms with Gasteiger partial charge in [-0.05, 0) is 31.6 Å². The van der Waals surface area contributed by atoms with Gasteiger partial charge in [0.2, 0.25) is 11.6 Å². The maximum absolute atomic E-state index is 13.7. The number of pyridine rings is 1. The van der Waals surface area contributed by atoms with E-state index in [1.165, 1.54) is 11.9 Å². The van der Waals surface area contributed by atoms with Crippen LogP contribution in [-0.2, 0) is 0 Å². The van der Waals surface area contributed by atoms with Crippen molar-refractivity contribution < 1.29 is 17.6 Å². The Balaban J connectivity index is 2.24. The zero-order valence-electron chi connectivity index (χ0n) is 11.6. The molecule has 1 aliphatic carbocycles. The largest absolute Gasteiger partial charge is 0.367 e. The zero-order valence-corrected chi connectivity index (χ0v) is 11.6. The van der Waals surface area contributed by atoms with Crippen LogP contribution in [-0.4, -0.2) is 18.1 Å². The normalized spacial score (nSPS) is 22.9. The molecule has 1 heterocycles. The van der Waals surface area contributed by atoms with E-state index in [9.17, 15) is 17.6 Å². The van der Waals surface area contributed by atoms with Crippen LogP contribution in [0.1, 0.15) is 39.0 Å². The number of hydrogen-bond donors (Lipinski definition) is 0. The molecule has 1 aromatic heterocycles. The van der Waals surface area contributed by atoms with Crippen molar-refractivity contribution in [3.63, 3.8) is 0 Å². The molecule has 1 fully saturated rings. The molecule has 0 spiro atoms. The summed E-state index contributed by atoms with van der Waals surface area (Å²) in [4.78, 5) is 3.89. The molecule has 1 saturated carbocycles. The second-order valence-corrected chi connectivity index (χ2v) is 5.36. The summed E-state index contributed by atoms with van der Waals surface area (Å²) < 4.78 is 53.7. The highest BCUT2D eigenvalue weighted by molar-refractivity contribution is 5.48. The van der Waals surface area contributed by atoms with Crippen molar-refractivity contribution in [3.8, 4) is 0 Å². The third-order valence-electron chi connectivity index (χ3n) is 4.27. The number of aromatic nitrogens is 1. The van der Waals surface area contributed by atoms with Gasteiger partial charge in [0.25, 0.3) is 11.9 Å². The van der Waals surface area contributed by atoms with Crippen LogP contribution in [0.5, 0.6) is 0 Å². The molecular weight excluding hydrogens is 272 g/mol. The second-order valence-electron chi connectivity index (χ2n) is 5.36. The van der Waals surface area contributed by atoms with Crippen LogP contribution in [0, 0.1) is 29.4 Å². The third kappa shape index (κ3) is 2.74. The standard InChI is InChI=1S/C14H18F4N2/c1-3-8-4-6-9(7-5-8)20(2)12-10(15)13(17)19-14(18)11(12)16/h8-9H,3-7H2,1-2H3. The Morgan fingerprint density at radius 2 is 1.50 bits per heavy atom. The monoisotopic (exact) mass is 290 g/mol. The van der Waals surface area contributed by atoms with Crippen LogP contribution < -0.4 is 4.90 Å². The van der Waals surface area contributed by atoms with E-state index < -0.39 is 29.2 Å². The lowest BCUT2D eigenvalue weighted by molar-refractivity contribution is 0.309. The van der Waals surface area contributed by atoms with Gasteiger partial charge in [0, 0.05) is 13.1 Å². The Hall–Kier alpha value is -1.33. The Bertz CT molecular complexity index is 458. The molecule has 0 saturated heterocycles. The van der Waals surface area contributed by atoms with Gasteiger partial charge >= 0.3 is 0 Å². The van der Waals surface area contributed by atoms with Crippen molar-refractivity contribution in [1.29, 1.82) is 0 Å². The lowest BCUT2D eigenvalue weighted by atomic mass is 9.84. The number of nitrogens with zero attached hydrogens (tertiary/aromatic N) is 2. The fourth-order valence-electron chi connectivity index (χ4n) is 2.91. The lowest BCUT2D eigenvalue weighted by Crippen LogP contribution is -2.36. The van der Waals surface area contributed by atoms with Crippen LogP contribution in [0.4, 0.5) is 23.2 Å². The van der Waals surface area contributed by atoms with Crippen LogP contribution in [0.2, 0.25) is 0 Å². The summed E-state index contributed by atoms with van der Waals surface area (Å²) in [6, 6.07) is -0.108. The fourth-order valence-corrected chi connectivity index (χ4v) is 2.91. The minimum absolute atomic E-state index is 0.108. The predicted molar refractivity (Wildman–Crippen MR) is 68.5 cm³/mol. The summed E-state index contributed by atoms with van der Waals surface area (Å²) in [5, 5.41) is 0. The first-order chi connectivity index (χ1) is 9.45. The van der Waals surface area contributed by atoms with E-state index in [-0.39, 0.29) is 6.04 Å². The predicted octanol–water partition coefficient (Wildman–Crippen LogP) is 4.04. The van der Waals surface area contributed by atoms with Gasteiger partial charge in [-0.3, -0.25) is 0 Å². The fraction of sp³-hybridized carbons (Fsp3) is 0.643. The molecule has 0 bridgehead atoms. The summed E-state index contributed by atoms with van der Waals surface area (Å²) in [6.07, 6.45) is 4.53. The van der Waals surface area contributed by atoms with Crippen molar-refractivity contribution in [1.82, 2.24) is 4.98 Å². The molecule has 0 radical (unpaired) electrons. The van der Waals surface area contributed by atoms with E-state index in [1.807, 2.05) is 0 Å². The number of hydrogen-bond acceptors (Lipinski definition) is 2. The highest BCUT2D eigenvalue weighted by Crippen LogP contribution is 2.34. The van der Waals surface area contributed by atoms with Crippen LogP contribution in [0.3, 0.4) is 0 Å². The van der Waals surface area contributed by atoms with Gasteiger partial charge in [0.05, 0.1) is 0 Å². The summed E-state index contributed by atoms with van der Waals surface area (Å²) in [7, 11) is 1.47. The first-order valence-corrected chi connectivity index (χ1v) is 6.88. The van der Waals surface area contributed by atoms with Crippen molar-refractivity contribution >= 4 is 5.69 Å². The van der Waals surface area contributed by atoms with E-state index in [0.29, 0.717) is 5.92 Å². The molecular formula is C14H18F4N2. The summed E-state index contributed by atoms with van der Waals surface area (Å²) in [5.74, 6) is -5.44. The lowest BCUT2D eigenvalue weighted by Gasteiger charge is -2.35. The minimum atomic E-state index is -1.60. The van der Waals surface area contributed by atoms with Gasteiger partial charge < -0.3 is 4.90 Å². The maximum Gasteiger partial charge on any atom is 0.253 e. The molecule has 0 atom stereocenters. The molecule has 2 rings (SSSR count). The van der Waals surface area contributed by atoms with Crippen LogP contribution in [0.15, 0.2) is 0 Å². The van der Waals surface area contributed by atoms with Crippen molar-refractivity contribution in [2.45, 2.75) is 45.1 Å². The Morgan fingerprint density at radius 3 is 1.95 bits per heavy atom. The Kier molecular flexibility index (Phi) is 4.50. The number of rotatable bonds is 3. The number of anilines is 1. The summed E-state index contributed by atoms with van der Waals surface area (Å²) in [5.41, 5.74) is -0.657. The van der Waals surface area contributed by atoms with E-state index in [1.54, 1.807) is 0 Å². The van der Waals surface area contributed by atoms with Gasteiger partial charge in [-0.15, -0.1) is 0 Å². The van der Waals surface area contributed by atoms with Crippen LogP contribution >= 0.6 is 0 Å². The molecule has 1 aliphatic rings. The molecule has 0 N–H and O–H groups in total. The molecule has 0 amide bonds. The highest BCUT2D eigenvalue weighted by Gasteiger charge is 2.29. The highest BCUT2D eigenvalue weighted by atomic mass is 19.2. The van der Waals surface area contributed by atoms with E-state index in [2.05, 4.69) is 11.9 Å². The average molecular weight is 290 g/mol. The molecule has 20 heavy (non-hydrogen) atoms. The third-order valence-corrected chi connectivity index (χ3v) is 4.27.